The fourth-order valence-corrected chi connectivity index (χ4v) is 6.63. The molecule has 2 aromatic carbocycles. The predicted molar refractivity (Wildman–Crippen MR) is 167 cm³/mol. The maximum absolute atomic E-state index is 13.8. The first-order valence-corrected chi connectivity index (χ1v) is 15.5. The van der Waals surface area contributed by atoms with E-state index in [-0.39, 0.29) is 30.8 Å². The number of hydrogen-bond acceptors (Lipinski definition) is 10. The number of hydrogen-bond donors (Lipinski definition) is 0. The molecule has 0 bridgehead atoms. The molecule has 5 rings (SSSR count). The van der Waals surface area contributed by atoms with E-state index in [0.29, 0.717) is 71.7 Å². The molecule has 1 unspecified atom stereocenters. The van der Waals surface area contributed by atoms with Gasteiger partial charge in [0.15, 0.2) is 5.17 Å². The molecule has 0 aliphatic carbocycles. The van der Waals surface area contributed by atoms with Gasteiger partial charge in [-0.3, -0.25) is 9.59 Å². The normalized spacial score (nSPS) is 18.3. The third kappa shape index (κ3) is 6.62. The summed E-state index contributed by atoms with van der Waals surface area (Å²) in [7, 11) is 3.16. The average Bonchev–Trinajstić information content (AvgIpc) is 3.44. The SMILES string of the molecule is CCOC(=O)C1CCN(C(=O)CC2=CSC3=NC(C)=C(C(=O)OCc4ccccc4)C(c4cc(OC)ccc4OC)N23)CC1. The number of likely N-dealkylation sites (tertiary alicyclic amines) is 1. The van der Waals surface area contributed by atoms with Crippen molar-refractivity contribution in [3.05, 3.63) is 82.0 Å². The Balaban J connectivity index is 1.43. The Morgan fingerprint density at radius 1 is 1.00 bits per heavy atom. The van der Waals surface area contributed by atoms with Crippen molar-refractivity contribution in [3.8, 4) is 11.5 Å². The van der Waals surface area contributed by atoms with Crippen molar-refractivity contribution in [2.24, 2.45) is 10.9 Å². The molecule has 1 saturated heterocycles. The molecular weight excluding hydrogens is 582 g/mol. The Kier molecular flexibility index (Phi) is 9.94. The quantitative estimate of drug-likeness (QED) is 0.331. The van der Waals surface area contributed by atoms with Crippen molar-refractivity contribution in [3.63, 3.8) is 0 Å². The molecule has 0 aromatic heterocycles. The van der Waals surface area contributed by atoms with Crippen molar-refractivity contribution in [2.45, 2.75) is 45.8 Å². The smallest absolute Gasteiger partial charge is 0.338 e. The number of benzene rings is 2. The summed E-state index contributed by atoms with van der Waals surface area (Å²) in [4.78, 5) is 48.1. The Morgan fingerprint density at radius 2 is 1.75 bits per heavy atom. The van der Waals surface area contributed by atoms with Crippen LogP contribution in [0.1, 0.15) is 50.3 Å². The lowest BCUT2D eigenvalue weighted by Crippen LogP contribution is -2.42. The number of fused-ring (bicyclic) bond motifs is 1. The third-order valence-corrected chi connectivity index (χ3v) is 8.85. The molecule has 1 atom stereocenters. The molecule has 232 valence electrons. The van der Waals surface area contributed by atoms with Crippen molar-refractivity contribution < 1.29 is 33.3 Å². The molecule has 1 amide bonds. The van der Waals surface area contributed by atoms with Crippen molar-refractivity contribution in [2.75, 3.05) is 33.9 Å². The second kappa shape index (κ2) is 14.0. The Hall–Kier alpha value is -4.25. The summed E-state index contributed by atoms with van der Waals surface area (Å²) in [5, 5.41) is 2.56. The highest BCUT2D eigenvalue weighted by Gasteiger charge is 2.43. The highest BCUT2D eigenvalue weighted by Crippen LogP contribution is 2.48. The fourth-order valence-electron chi connectivity index (χ4n) is 5.67. The number of piperidine rings is 1. The van der Waals surface area contributed by atoms with Gasteiger partial charge in [-0.1, -0.05) is 42.1 Å². The molecule has 0 spiro atoms. The summed E-state index contributed by atoms with van der Waals surface area (Å²) < 4.78 is 22.3. The first-order valence-electron chi connectivity index (χ1n) is 14.7. The van der Waals surface area contributed by atoms with Gasteiger partial charge in [-0.15, -0.1) is 0 Å². The minimum Gasteiger partial charge on any atom is -0.497 e. The van der Waals surface area contributed by atoms with Crippen LogP contribution in [0.25, 0.3) is 0 Å². The van der Waals surface area contributed by atoms with Crippen LogP contribution in [0.5, 0.6) is 11.5 Å². The van der Waals surface area contributed by atoms with Crippen LogP contribution in [0, 0.1) is 5.92 Å². The Labute approximate surface area is 261 Å². The highest BCUT2D eigenvalue weighted by molar-refractivity contribution is 8.16. The van der Waals surface area contributed by atoms with Gasteiger partial charge in [0.1, 0.15) is 18.1 Å². The first kappa shape index (κ1) is 31.2. The summed E-state index contributed by atoms with van der Waals surface area (Å²) in [5.74, 6) is 0.194. The number of nitrogens with zero attached hydrogens (tertiary/aromatic N) is 3. The zero-order chi connectivity index (χ0) is 31.2. The molecule has 0 N–H and O–H groups in total. The van der Waals surface area contributed by atoms with Crippen LogP contribution < -0.4 is 9.47 Å². The van der Waals surface area contributed by atoms with Gasteiger partial charge < -0.3 is 28.7 Å². The van der Waals surface area contributed by atoms with Gasteiger partial charge in [-0.25, -0.2) is 9.79 Å². The first-order chi connectivity index (χ1) is 21.3. The number of carbonyl (C=O) groups is 3. The van der Waals surface area contributed by atoms with Gasteiger partial charge in [-0.05, 0) is 55.9 Å². The average molecular weight is 620 g/mol. The number of carbonyl (C=O) groups excluding carboxylic acids is 3. The van der Waals surface area contributed by atoms with E-state index < -0.39 is 12.0 Å². The molecule has 0 radical (unpaired) electrons. The number of aliphatic imine (C=N–C) groups is 1. The second-order valence-corrected chi connectivity index (χ2v) is 11.5. The molecule has 3 heterocycles. The summed E-state index contributed by atoms with van der Waals surface area (Å²) >= 11 is 1.41. The van der Waals surface area contributed by atoms with Gasteiger partial charge >= 0.3 is 11.9 Å². The van der Waals surface area contributed by atoms with Gasteiger partial charge in [-0.2, -0.15) is 0 Å². The summed E-state index contributed by atoms with van der Waals surface area (Å²) in [6.07, 6.45) is 1.24. The Morgan fingerprint density at radius 3 is 2.43 bits per heavy atom. The second-order valence-electron chi connectivity index (χ2n) is 10.6. The van der Waals surface area contributed by atoms with E-state index in [1.165, 1.54) is 11.8 Å². The van der Waals surface area contributed by atoms with Crippen LogP contribution >= 0.6 is 11.8 Å². The van der Waals surface area contributed by atoms with Crippen LogP contribution in [0.4, 0.5) is 0 Å². The van der Waals surface area contributed by atoms with Gasteiger partial charge in [0.25, 0.3) is 0 Å². The number of thioether (sulfide) groups is 1. The van der Waals surface area contributed by atoms with Gasteiger partial charge in [0.2, 0.25) is 5.91 Å². The minimum absolute atomic E-state index is 0.0590. The number of ether oxygens (including phenoxy) is 4. The molecule has 44 heavy (non-hydrogen) atoms. The van der Waals surface area contributed by atoms with E-state index >= 15 is 0 Å². The van der Waals surface area contributed by atoms with Crippen LogP contribution in [-0.4, -0.2) is 66.7 Å². The maximum atomic E-state index is 13.8. The number of amidine groups is 1. The molecule has 3 aliphatic rings. The lowest BCUT2D eigenvalue weighted by atomic mass is 9.92. The highest BCUT2D eigenvalue weighted by atomic mass is 32.2. The summed E-state index contributed by atoms with van der Waals surface area (Å²) in [6, 6.07) is 14.2. The number of rotatable bonds is 10. The van der Waals surface area contributed by atoms with E-state index in [1.807, 2.05) is 46.7 Å². The van der Waals surface area contributed by atoms with Gasteiger partial charge in [0.05, 0.1) is 50.5 Å². The number of amides is 1. The fraction of sp³-hybridized carbons (Fsp3) is 0.394. The number of methoxy groups -OCH3 is 2. The van der Waals surface area contributed by atoms with E-state index in [9.17, 15) is 14.4 Å². The van der Waals surface area contributed by atoms with Crippen LogP contribution in [0.15, 0.2) is 75.9 Å². The summed E-state index contributed by atoms with van der Waals surface area (Å²) in [5.41, 5.74) is 3.14. The zero-order valence-electron chi connectivity index (χ0n) is 25.4. The zero-order valence-corrected chi connectivity index (χ0v) is 26.2. The Bertz CT molecular complexity index is 1500. The van der Waals surface area contributed by atoms with Crippen molar-refractivity contribution >= 4 is 34.8 Å². The molecule has 11 heteroatoms. The monoisotopic (exact) mass is 619 g/mol. The lowest BCUT2D eigenvalue weighted by Gasteiger charge is -2.37. The minimum atomic E-state index is -0.681. The molecule has 0 saturated carbocycles. The predicted octanol–water partition coefficient (Wildman–Crippen LogP) is 5.21. The van der Waals surface area contributed by atoms with Crippen molar-refractivity contribution in [1.29, 1.82) is 0 Å². The van der Waals surface area contributed by atoms with E-state index in [0.717, 1.165) is 5.56 Å². The number of allylic oxidation sites excluding steroid dienone is 1. The maximum Gasteiger partial charge on any atom is 0.338 e. The number of esters is 2. The molecule has 2 aromatic rings. The van der Waals surface area contributed by atoms with E-state index in [4.69, 9.17) is 23.9 Å². The summed E-state index contributed by atoms with van der Waals surface area (Å²) in [6.45, 7) is 4.99. The molecule has 1 fully saturated rings. The van der Waals surface area contributed by atoms with E-state index in [1.54, 1.807) is 45.1 Å². The van der Waals surface area contributed by atoms with E-state index in [2.05, 4.69) is 0 Å². The van der Waals surface area contributed by atoms with Gasteiger partial charge in [0, 0.05) is 24.4 Å². The molecule has 10 nitrogen and oxygen atoms in total. The van der Waals surface area contributed by atoms with Crippen molar-refractivity contribution in [1.82, 2.24) is 9.80 Å². The molecule has 3 aliphatic heterocycles. The van der Waals surface area contributed by atoms with Crippen LogP contribution in [0.3, 0.4) is 0 Å². The standard InChI is InChI=1S/C33H37N3O7S/c1-5-42-31(38)23-13-15-35(16-14-23)28(37)17-24-20-44-33-34-21(2)29(32(39)43-19-22-9-7-6-8-10-22)30(36(24)33)26-18-25(40-3)11-12-27(26)41-4/h6-12,18,20,23,30H,5,13-17,19H2,1-4H3. The topological polar surface area (TPSA) is 107 Å². The van der Waals surface area contributed by atoms with Crippen LogP contribution in [0.2, 0.25) is 0 Å². The third-order valence-electron chi connectivity index (χ3n) is 7.96. The largest absolute Gasteiger partial charge is 0.497 e. The van der Waals surface area contributed by atoms with Crippen LogP contribution in [-0.2, 0) is 30.5 Å². The molecular formula is C33H37N3O7S. The lowest BCUT2D eigenvalue weighted by molar-refractivity contribution is -0.151.